The Balaban J connectivity index is 0.00000400. The van der Waals surface area contributed by atoms with Gasteiger partial charge in [-0.25, -0.2) is 0 Å². The number of amides is 1. The molecule has 10 heteroatoms. The number of halogens is 1. The van der Waals surface area contributed by atoms with E-state index in [-0.39, 0.29) is 36.0 Å². The van der Waals surface area contributed by atoms with Crippen molar-refractivity contribution in [3.63, 3.8) is 0 Å². The summed E-state index contributed by atoms with van der Waals surface area (Å²) >= 11 is 2.48. The van der Waals surface area contributed by atoms with Crippen LogP contribution in [-0.2, 0) is 14.3 Å². The summed E-state index contributed by atoms with van der Waals surface area (Å²) in [6, 6.07) is 0. The number of carbonyl (C=O) groups excluding carboxylic acids is 2. The summed E-state index contributed by atoms with van der Waals surface area (Å²) in [5.74, 6) is -0.370. The van der Waals surface area contributed by atoms with Crippen LogP contribution in [0.1, 0.15) is 13.8 Å². The summed E-state index contributed by atoms with van der Waals surface area (Å²) in [6.07, 6.45) is 0. The van der Waals surface area contributed by atoms with Crippen molar-refractivity contribution in [2.24, 2.45) is 5.92 Å². The van der Waals surface area contributed by atoms with Crippen LogP contribution >= 0.6 is 35.5 Å². The van der Waals surface area contributed by atoms with E-state index >= 15 is 0 Å². The second-order valence-corrected chi connectivity index (χ2v) is 6.11. The Labute approximate surface area is 138 Å². The maximum Gasteiger partial charge on any atom is 0.316 e. The van der Waals surface area contributed by atoms with E-state index in [1.807, 2.05) is 6.92 Å². The first-order chi connectivity index (χ1) is 9.56. The minimum atomic E-state index is -0.291. The summed E-state index contributed by atoms with van der Waals surface area (Å²) in [5.41, 5.74) is 0. The largest absolute Gasteiger partial charge is 0.465 e. The zero-order chi connectivity index (χ0) is 15.0. The fourth-order valence-corrected chi connectivity index (χ4v) is 2.82. The van der Waals surface area contributed by atoms with E-state index in [1.54, 1.807) is 14.0 Å². The number of nitrogens with zero attached hydrogens (tertiary/aromatic N) is 2. The normalized spacial score (nSPS) is 11.4. The minimum Gasteiger partial charge on any atom is -0.465 e. The number of anilines is 1. The van der Waals surface area contributed by atoms with Crippen LogP contribution in [0.15, 0.2) is 4.34 Å². The first-order valence-corrected chi connectivity index (χ1v) is 7.94. The number of rotatable bonds is 8. The molecule has 0 aromatic carbocycles. The number of nitrogens with one attached hydrogen (secondary N) is 2. The zero-order valence-electron chi connectivity index (χ0n) is 12.0. The second kappa shape index (κ2) is 10.8. The maximum absolute atomic E-state index is 11.8. The van der Waals surface area contributed by atoms with Gasteiger partial charge in [-0.2, -0.15) is 0 Å². The van der Waals surface area contributed by atoms with E-state index in [4.69, 9.17) is 4.74 Å². The number of hydrogen-bond acceptors (Lipinski definition) is 8. The molecule has 1 amide bonds. The van der Waals surface area contributed by atoms with Crippen LogP contribution in [0.25, 0.3) is 0 Å². The van der Waals surface area contributed by atoms with Crippen molar-refractivity contribution in [3.8, 4) is 0 Å². The lowest BCUT2D eigenvalue weighted by Crippen LogP contribution is -2.28. The van der Waals surface area contributed by atoms with Gasteiger partial charge in [0.05, 0.1) is 12.4 Å². The third kappa shape index (κ3) is 7.60. The van der Waals surface area contributed by atoms with Crippen LogP contribution in [-0.4, -0.2) is 48.0 Å². The second-order valence-electron chi connectivity index (χ2n) is 3.91. The molecular weight excluding hydrogens is 336 g/mol. The van der Waals surface area contributed by atoms with Crippen LogP contribution in [0, 0.1) is 5.92 Å². The average molecular weight is 355 g/mol. The molecule has 0 aliphatic heterocycles. The Kier molecular flexibility index (Phi) is 10.3. The van der Waals surface area contributed by atoms with Crippen LogP contribution in [0.2, 0.25) is 0 Å². The van der Waals surface area contributed by atoms with E-state index in [0.717, 1.165) is 0 Å². The number of hydrogen-bond donors (Lipinski definition) is 2. The first kappa shape index (κ1) is 20.1. The van der Waals surface area contributed by atoms with Gasteiger partial charge in [0.1, 0.15) is 0 Å². The van der Waals surface area contributed by atoms with Crippen LogP contribution in [0.4, 0.5) is 5.13 Å². The molecule has 0 saturated carbocycles. The van der Waals surface area contributed by atoms with Crippen molar-refractivity contribution in [1.82, 2.24) is 15.5 Å². The van der Waals surface area contributed by atoms with Gasteiger partial charge in [0.2, 0.25) is 11.0 Å². The number of ether oxygens (including phenoxy) is 1. The lowest BCUT2D eigenvalue weighted by Gasteiger charge is -2.08. The van der Waals surface area contributed by atoms with Crippen molar-refractivity contribution in [1.29, 1.82) is 0 Å². The molecule has 0 spiro atoms. The molecule has 1 rings (SSSR count). The molecular formula is C11H19ClN4O3S2. The molecule has 120 valence electrons. The van der Waals surface area contributed by atoms with Crippen LogP contribution < -0.4 is 10.6 Å². The van der Waals surface area contributed by atoms with E-state index in [1.165, 1.54) is 23.1 Å². The molecule has 21 heavy (non-hydrogen) atoms. The molecule has 1 unspecified atom stereocenters. The van der Waals surface area contributed by atoms with Crippen molar-refractivity contribution >= 4 is 52.5 Å². The van der Waals surface area contributed by atoms with Gasteiger partial charge in [-0.15, -0.1) is 22.6 Å². The van der Waals surface area contributed by atoms with Gasteiger partial charge in [-0.3, -0.25) is 9.59 Å². The molecule has 0 saturated heterocycles. The van der Waals surface area contributed by atoms with E-state index in [2.05, 4.69) is 20.8 Å². The SMILES string of the molecule is CCOC(=O)CSc1nnc(NC(=O)C(C)CNC)s1.Cl. The Morgan fingerprint density at radius 2 is 2.14 bits per heavy atom. The first-order valence-electron chi connectivity index (χ1n) is 6.14. The fourth-order valence-electron chi connectivity index (χ4n) is 1.27. The summed E-state index contributed by atoms with van der Waals surface area (Å²) in [4.78, 5) is 23.0. The molecule has 0 aliphatic carbocycles. The molecule has 0 fully saturated rings. The highest BCUT2D eigenvalue weighted by atomic mass is 35.5. The van der Waals surface area contributed by atoms with Crippen molar-refractivity contribution in [2.45, 2.75) is 18.2 Å². The van der Waals surface area contributed by atoms with Crippen molar-refractivity contribution < 1.29 is 14.3 Å². The topological polar surface area (TPSA) is 93.2 Å². The number of aromatic nitrogens is 2. The number of thioether (sulfide) groups is 1. The zero-order valence-corrected chi connectivity index (χ0v) is 14.5. The average Bonchev–Trinajstić information content (AvgIpc) is 2.84. The smallest absolute Gasteiger partial charge is 0.316 e. The molecule has 1 aromatic heterocycles. The fraction of sp³-hybridized carbons (Fsp3) is 0.636. The lowest BCUT2D eigenvalue weighted by atomic mass is 10.2. The maximum atomic E-state index is 11.8. The monoisotopic (exact) mass is 354 g/mol. The lowest BCUT2D eigenvalue weighted by molar-refractivity contribution is -0.139. The Bertz CT molecular complexity index is 458. The molecule has 2 N–H and O–H groups in total. The summed E-state index contributed by atoms with van der Waals surface area (Å²) in [6.45, 7) is 4.53. The van der Waals surface area contributed by atoms with Gasteiger partial charge in [0, 0.05) is 12.5 Å². The van der Waals surface area contributed by atoms with Crippen LogP contribution in [0.5, 0.6) is 0 Å². The predicted octanol–water partition coefficient (Wildman–Crippen LogP) is 1.41. The molecule has 1 aromatic rings. The summed E-state index contributed by atoms with van der Waals surface area (Å²) < 4.78 is 5.43. The third-order valence-electron chi connectivity index (χ3n) is 2.21. The highest BCUT2D eigenvalue weighted by molar-refractivity contribution is 8.01. The van der Waals surface area contributed by atoms with Gasteiger partial charge in [0.25, 0.3) is 0 Å². The summed E-state index contributed by atoms with van der Waals surface area (Å²) in [7, 11) is 1.79. The van der Waals surface area contributed by atoms with Gasteiger partial charge in [0.15, 0.2) is 4.34 Å². The van der Waals surface area contributed by atoms with Gasteiger partial charge < -0.3 is 15.4 Å². The Hall–Kier alpha value is -0.900. The third-order valence-corrected chi connectivity index (χ3v) is 4.16. The van der Waals surface area contributed by atoms with Crippen LogP contribution in [0.3, 0.4) is 0 Å². The van der Waals surface area contributed by atoms with Gasteiger partial charge in [-0.1, -0.05) is 30.0 Å². The standard InChI is InChI=1S/C11H18N4O3S2.ClH/c1-4-18-8(16)6-19-11-15-14-10(20-11)13-9(17)7(2)5-12-3;/h7,12H,4-6H2,1-3H3,(H,13,14,17);1H. The summed E-state index contributed by atoms with van der Waals surface area (Å²) in [5, 5.41) is 13.8. The predicted molar refractivity (Wildman–Crippen MR) is 86.2 cm³/mol. The number of carbonyl (C=O) groups is 2. The van der Waals surface area contributed by atoms with E-state index < -0.39 is 0 Å². The molecule has 0 bridgehead atoms. The van der Waals surface area contributed by atoms with Crippen molar-refractivity contribution in [3.05, 3.63) is 0 Å². The van der Waals surface area contributed by atoms with E-state index in [9.17, 15) is 9.59 Å². The Morgan fingerprint density at radius 1 is 1.43 bits per heavy atom. The van der Waals surface area contributed by atoms with Gasteiger partial charge in [-0.05, 0) is 14.0 Å². The molecule has 0 aliphatic rings. The quantitative estimate of drug-likeness (QED) is 0.414. The number of esters is 1. The molecule has 1 atom stereocenters. The molecule has 7 nitrogen and oxygen atoms in total. The van der Waals surface area contributed by atoms with Gasteiger partial charge >= 0.3 is 5.97 Å². The minimum absolute atomic E-state index is 0. The Morgan fingerprint density at radius 3 is 2.76 bits per heavy atom. The highest BCUT2D eigenvalue weighted by Gasteiger charge is 2.15. The molecule has 1 heterocycles. The highest BCUT2D eigenvalue weighted by Crippen LogP contribution is 2.25. The van der Waals surface area contributed by atoms with Crippen molar-refractivity contribution in [2.75, 3.05) is 31.3 Å². The van der Waals surface area contributed by atoms with E-state index in [0.29, 0.717) is 22.6 Å². The molecule has 0 radical (unpaired) electrons.